The Kier molecular flexibility index (Phi) is 9.65. The summed E-state index contributed by atoms with van der Waals surface area (Å²) in [5.41, 5.74) is -0.677. The number of ether oxygens (including phenoxy) is 4. The zero-order chi connectivity index (χ0) is 28.9. The van der Waals surface area contributed by atoms with Gasteiger partial charge in [0, 0.05) is 36.2 Å². The molecular weight excluding hydrogens is 579 g/mol. The van der Waals surface area contributed by atoms with Crippen LogP contribution < -0.4 is 9.84 Å². The molecule has 2 aromatic rings. The Morgan fingerprint density at radius 1 is 1.10 bits per heavy atom. The lowest BCUT2D eigenvalue weighted by atomic mass is 10.1. The molecule has 1 aromatic carbocycles. The summed E-state index contributed by atoms with van der Waals surface area (Å²) < 4.78 is 21.3. The van der Waals surface area contributed by atoms with Gasteiger partial charge in [-0.3, -0.25) is 9.59 Å². The number of rotatable bonds is 9. The Balaban J connectivity index is 1.90. The Morgan fingerprint density at radius 3 is 2.28 bits per heavy atom. The van der Waals surface area contributed by atoms with Gasteiger partial charge in [-0.15, -0.1) is 5.10 Å². The van der Waals surface area contributed by atoms with Crippen molar-refractivity contribution in [2.75, 3.05) is 6.61 Å². The molecule has 0 aliphatic carbocycles. The monoisotopic (exact) mass is 599 g/mol. The van der Waals surface area contributed by atoms with Crippen molar-refractivity contribution >= 4 is 64.8 Å². The standard InChI is InChI=1S/C25H23Cl3N2O9/c1-4-18(31)37-21-14(22(33)30(29-21)20-16(27)11-13(26)12-17(20)28)7-6-8-15-23(34)38-25(3,39-24(15)35)10-9-19(32)36-5-2/h6-8,11-12,33H,4-5,9-10H2,1-3H3/p-1/b7-6+,15-8?. The Bertz CT molecular complexity index is 1340. The second-order valence-corrected chi connectivity index (χ2v) is 9.39. The van der Waals surface area contributed by atoms with Crippen LogP contribution in [0.1, 0.15) is 45.6 Å². The normalized spacial score (nSPS) is 17.1. The molecule has 1 aromatic heterocycles. The van der Waals surface area contributed by atoms with Gasteiger partial charge in [0.05, 0.1) is 23.1 Å². The highest BCUT2D eigenvalue weighted by Crippen LogP contribution is 2.37. The van der Waals surface area contributed by atoms with E-state index in [0.29, 0.717) is 0 Å². The SMILES string of the molecule is CCOC(=O)CCC1(C)OC(=O)C(=C/C=C/c2c(OC(=O)CC)nn(-c3c(Cl)cc(Cl)cc3Cl)c2[O-])C(=O)O1. The highest BCUT2D eigenvalue weighted by molar-refractivity contribution is 6.40. The van der Waals surface area contributed by atoms with Crippen LogP contribution in [-0.4, -0.2) is 46.1 Å². The minimum Gasteiger partial charge on any atom is -0.858 e. The van der Waals surface area contributed by atoms with Gasteiger partial charge < -0.3 is 24.1 Å². The molecule has 1 aliphatic heterocycles. The number of carbonyl (C=O) groups excluding carboxylic acids is 4. The van der Waals surface area contributed by atoms with E-state index in [1.54, 1.807) is 13.8 Å². The molecule has 39 heavy (non-hydrogen) atoms. The fourth-order valence-electron chi connectivity index (χ4n) is 3.33. The van der Waals surface area contributed by atoms with Crippen molar-refractivity contribution in [2.24, 2.45) is 0 Å². The number of halogens is 3. The first-order valence-corrected chi connectivity index (χ1v) is 12.7. The number of hydrogen-bond donors (Lipinski definition) is 0. The molecular formula is C25H22Cl3N2O9-. The molecule has 1 fully saturated rings. The number of aromatic nitrogens is 2. The molecule has 1 aliphatic rings. The Morgan fingerprint density at radius 2 is 1.72 bits per heavy atom. The molecule has 14 heteroatoms. The molecule has 0 atom stereocenters. The first-order valence-electron chi connectivity index (χ1n) is 11.5. The van der Waals surface area contributed by atoms with Crippen LogP contribution in [0.25, 0.3) is 11.8 Å². The van der Waals surface area contributed by atoms with E-state index in [-0.39, 0.29) is 58.1 Å². The predicted molar refractivity (Wildman–Crippen MR) is 138 cm³/mol. The fraction of sp³-hybridized carbons (Fsp3) is 0.320. The van der Waals surface area contributed by atoms with Crippen LogP contribution in [0.4, 0.5) is 0 Å². The summed E-state index contributed by atoms with van der Waals surface area (Å²) in [5.74, 6) is -6.01. The summed E-state index contributed by atoms with van der Waals surface area (Å²) in [6.45, 7) is 4.71. The van der Waals surface area contributed by atoms with Crippen molar-refractivity contribution in [1.29, 1.82) is 0 Å². The highest BCUT2D eigenvalue weighted by Gasteiger charge is 2.42. The van der Waals surface area contributed by atoms with Gasteiger partial charge in [-0.1, -0.05) is 47.8 Å². The van der Waals surface area contributed by atoms with Gasteiger partial charge in [-0.05, 0) is 31.2 Å². The number of allylic oxidation sites excluding steroid dienone is 2. The number of hydrogen-bond acceptors (Lipinski definition) is 10. The molecule has 0 saturated carbocycles. The maximum Gasteiger partial charge on any atom is 0.348 e. The molecule has 0 N–H and O–H groups in total. The third kappa shape index (κ3) is 7.11. The van der Waals surface area contributed by atoms with Gasteiger partial charge in [0.2, 0.25) is 5.88 Å². The topological polar surface area (TPSA) is 146 Å². The minimum atomic E-state index is -1.66. The lowest BCUT2D eigenvalue weighted by Crippen LogP contribution is -2.44. The van der Waals surface area contributed by atoms with Crippen LogP contribution >= 0.6 is 34.8 Å². The molecule has 0 unspecified atom stereocenters. The van der Waals surface area contributed by atoms with E-state index in [9.17, 15) is 24.3 Å². The van der Waals surface area contributed by atoms with Crippen LogP contribution in [0.5, 0.6) is 11.8 Å². The zero-order valence-electron chi connectivity index (χ0n) is 20.9. The summed E-state index contributed by atoms with van der Waals surface area (Å²) in [4.78, 5) is 48.6. The lowest BCUT2D eigenvalue weighted by molar-refractivity contribution is -0.278. The molecule has 0 amide bonds. The van der Waals surface area contributed by atoms with E-state index in [1.807, 2.05) is 0 Å². The van der Waals surface area contributed by atoms with Gasteiger partial charge in [-0.25, -0.2) is 14.3 Å². The molecule has 11 nitrogen and oxygen atoms in total. The van der Waals surface area contributed by atoms with Crippen LogP contribution in [0, 0.1) is 0 Å². The van der Waals surface area contributed by atoms with Gasteiger partial charge >= 0.3 is 23.9 Å². The van der Waals surface area contributed by atoms with Crippen LogP contribution in [-0.2, 0) is 33.4 Å². The summed E-state index contributed by atoms with van der Waals surface area (Å²) in [6.07, 6.45) is 3.15. The van der Waals surface area contributed by atoms with E-state index in [1.165, 1.54) is 31.2 Å². The molecule has 0 spiro atoms. The van der Waals surface area contributed by atoms with Gasteiger partial charge in [0.15, 0.2) is 0 Å². The maximum absolute atomic E-state index is 13.2. The van der Waals surface area contributed by atoms with Crippen molar-refractivity contribution in [1.82, 2.24) is 9.78 Å². The van der Waals surface area contributed by atoms with Gasteiger partial charge in [0.1, 0.15) is 11.3 Å². The first kappa shape index (κ1) is 30.0. The first-order chi connectivity index (χ1) is 18.4. The number of benzene rings is 1. The number of esters is 4. The summed E-state index contributed by atoms with van der Waals surface area (Å²) in [6, 6.07) is 2.70. The largest absolute Gasteiger partial charge is 0.858 e. The number of carbonyl (C=O) groups is 4. The van der Waals surface area contributed by atoms with E-state index < -0.39 is 41.1 Å². The fourth-order valence-corrected chi connectivity index (χ4v) is 4.31. The average Bonchev–Trinajstić information content (AvgIpc) is 3.13. The second kappa shape index (κ2) is 12.5. The van der Waals surface area contributed by atoms with Gasteiger partial charge in [-0.2, -0.15) is 0 Å². The van der Waals surface area contributed by atoms with Crippen molar-refractivity contribution in [2.45, 2.75) is 45.8 Å². The third-order valence-electron chi connectivity index (χ3n) is 5.21. The second-order valence-electron chi connectivity index (χ2n) is 8.14. The maximum atomic E-state index is 13.2. The summed E-state index contributed by atoms with van der Waals surface area (Å²) in [7, 11) is 0. The van der Waals surface area contributed by atoms with Crippen molar-refractivity contribution in [3.8, 4) is 17.4 Å². The van der Waals surface area contributed by atoms with Crippen molar-refractivity contribution in [3.63, 3.8) is 0 Å². The van der Waals surface area contributed by atoms with E-state index in [4.69, 9.17) is 53.8 Å². The highest BCUT2D eigenvalue weighted by atomic mass is 35.5. The Hall–Kier alpha value is -3.54. The molecule has 0 radical (unpaired) electrons. The van der Waals surface area contributed by atoms with E-state index >= 15 is 0 Å². The molecule has 208 valence electrons. The third-order valence-corrected chi connectivity index (χ3v) is 6.00. The van der Waals surface area contributed by atoms with E-state index in [2.05, 4.69) is 5.10 Å². The lowest BCUT2D eigenvalue weighted by Gasteiger charge is -2.33. The smallest absolute Gasteiger partial charge is 0.348 e. The van der Waals surface area contributed by atoms with Crippen molar-refractivity contribution in [3.05, 3.63) is 50.5 Å². The number of cyclic esters (lactones) is 2. The summed E-state index contributed by atoms with van der Waals surface area (Å²) >= 11 is 18.4. The predicted octanol–water partition coefficient (Wildman–Crippen LogP) is 4.32. The molecule has 0 bridgehead atoms. The van der Waals surface area contributed by atoms with E-state index in [0.717, 1.165) is 10.8 Å². The molecule has 1 saturated heterocycles. The van der Waals surface area contributed by atoms with Crippen LogP contribution in [0.15, 0.2) is 29.9 Å². The molecule has 3 rings (SSSR count). The summed E-state index contributed by atoms with van der Waals surface area (Å²) in [5, 5.41) is 17.5. The minimum absolute atomic E-state index is 0.000996. The van der Waals surface area contributed by atoms with Crippen molar-refractivity contribution < 1.29 is 43.2 Å². The van der Waals surface area contributed by atoms with Crippen LogP contribution in [0.2, 0.25) is 15.1 Å². The number of nitrogens with zero attached hydrogens (tertiary/aromatic N) is 2. The average molecular weight is 601 g/mol. The zero-order valence-corrected chi connectivity index (χ0v) is 23.2. The molecule has 2 heterocycles. The Labute approximate surface area is 237 Å². The quantitative estimate of drug-likeness (QED) is 0.232. The van der Waals surface area contributed by atoms with Crippen LogP contribution in [0.3, 0.4) is 0 Å². The van der Waals surface area contributed by atoms with Gasteiger partial charge in [0.25, 0.3) is 5.79 Å².